The van der Waals surface area contributed by atoms with Crippen LogP contribution in [0.25, 0.3) is 0 Å². The molecular formula is C13H12Cl2IN3. The lowest BCUT2D eigenvalue weighted by Gasteiger charge is -2.09. The fourth-order valence-corrected chi connectivity index (χ4v) is 2.62. The Hall–Kier alpha value is -0.590. The highest BCUT2D eigenvalue weighted by molar-refractivity contribution is 14.1. The van der Waals surface area contributed by atoms with Crippen LogP contribution in [0.5, 0.6) is 0 Å². The van der Waals surface area contributed by atoms with Crippen molar-refractivity contribution in [2.45, 2.75) is 13.3 Å². The molecule has 0 aliphatic rings. The van der Waals surface area contributed by atoms with Crippen molar-refractivity contribution in [1.29, 1.82) is 0 Å². The Bertz CT molecular complexity index is 570. The highest BCUT2D eigenvalue weighted by Crippen LogP contribution is 2.26. The summed E-state index contributed by atoms with van der Waals surface area (Å²) in [5.41, 5.74) is 0.856. The number of aromatic nitrogens is 2. The normalized spacial score (nSPS) is 10.5. The fourth-order valence-electron chi connectivity index (χ4n) is 1.64. The van der Waals surface area contributed by atoms with Gasteiger partial charge in [0.1, 0.15) is 11.6 Å². The Labute approximate surface area is 135 Å². The number of anilines is 1. The molecule has 0 bridgehead atoms. The van der Waals surface area contributed by atoms with E-state index < -0.39 is 0 Å². The zero-order valence-electron chi connectivity index (χ0n) is 10.3. The first-order valence-electron chi connectivity index (χ1n) is 5.80. The van der Waals surface area contributed by atoms with Crippen molar-refractivity contribution >= 4 is 51.6 Å². The van der Waals surface area contributed by atoms with E-state index in [1.165, 1.54) is 0 Å². The van der Waals surface area contributed by atoms with Crippen molar-refractivity contribution in [2.75, 3.05) is 11.9 Å². The van der Waals surface area contributed by atoms with Gasteiger partial charge in [0.05, 0.1) is 3.57 Å². The van der Waals surface area contributed by atoms with Gasteiger partial charge in [-0.3, -0.25) is 0 Å². The average Bonchev–Trinajstić information content (AvgIpc) is 2.38. The zero-order chi connectivity index (χ0) is 13.8. The molecule has 19 heavy (non-hydrogen) atoms. The van der Waals surface area contributed by atoms with Crippen LogP contribution in [0.1, 0.15) is 18.3 Å². The standard InChI is InChI=1S/C13H12Cl2IN3/c1-2-17-13-11(16)7-18-12(19-13)6-8-9(14)4-3-5-10(8)15/h3-5,7H,2,6H2,1H3,(H,17,18,19). The average molecular weight is 408 g/mol. The molecule has 1 aromatic carbocycles. The molecule has 0 aliphatic carbocycles. The predicted octanol–water partition coefficient (Wildman–Crippen LogP) is 4.41. The molecule has 0 saturated carbocycles. The maximum Gasteiger partial charge on any atom is 0.143 e. The van der Waals surface area contributed by atoms with Crippen LogP contribution in [-0.4, -0.2) is 16.5 Å². The van der Waals surface area contributed by atoms with Gasteiger partial charge in [0.25, 0.3) is 0 Å². The monoisotopic (exact) mass is 407 g/mol. The number of halogens is 3. The molecule has 3 nitrogen and oxygen atoms in total. The van der Waals surface area contributed by atoms with Gasteiger partial charge in [0.15, 0.2) is 0 Å². The van der Waals surface area contributed by atoms with Crippen LogP contribution >= 0.6 is 45.8 Å². The van der Waals surface area contributed by atoms with E-state index in [0.29, 0.717) is 22.3 Å². The summed E-state index contributed by atoms with van der Waals surface area (Å²) in [6, 6.07) is 5.47. The van der Waals surface area contributed by atoms with Crippen molar-refractivity contribution in [3.8, 4) is 0 Å². The third-order valence-electron chi connectivity index (χ3n) is 2.53. The number of rotatable bonds is 4. The molecule has 2 rings (SSSR count). The lowest BCUT2D eigenvalue weighted by atomic mass is 10.1. The highest BCUT2D eigenvalue weighted by atomic mass is 127. The van der Waals surface area contributed by atoms with Gasteiger partial charge < -0.3 is 5.32 Å². The fraction of sp³-hybridized carbons (Fsp3) is 0.231. The SMILES string of the molecule is CCNc1nc(Cc2c(Cl)cccc2Cl)ncc1I. The van der Waals surface area contributed by atoms with E-state index in [4.69, 9.17) is 23.2 Å². The third-order valence-corrected chi connectivity index (χ3v) is 4.03. The third kappa shape index (κ3) is 3.70. The van der Waals surface area contributed by atoms with E-state index in [9.17, 15) is 0 Å². The number of nitrogens with one attached hydrogen (secondary N) is 1. The van der Waals surface area contributed by atoms with Gasteiger partial charge in [0, 0.05) is 29.2 Å². The Morgan fingerprint density at radius 2 is 1.95 bits per heavy atom. The molecule has 0 atom stereocenters. The summed E-state index contributed by atoms with van der Waals surface area (Å²) in [5.74, 6) is 1.54. The molecule has 0 radical (unpaired) electrons. The molecule has 2 aromatic rings. The first-order chi connectivity index (χ1) is 9.11. The Kier molecular flexibility index (Phi) is 5.24. The molecule has 6 heteroatoms. The number of benzene rings is 1. The summed E-state index contributed by atoms with van der Waals surface area (Å²) < 4.78 is 0.994. The van der Waals surface area contributed by atoms with E-state index in [1.54, 1.807) is 6.20 Å². The minimum absolute atomic E-state index is 0.522. The molecule has 0 aliphatic heterocycles. The molecule has 0 amide bonds. The van der Waals surface area contributed by atoms with Crippen LogP contribution in [-0.2, 0) is 6.42 Å². The lowest BCUT2D eigenvalue weighted by Crippen LogP contribution is -2.06. The van der Waals surface area contributed by atoms with Crippen LogP contribution < -0.4 is 5.32 Å². The second-order valence-corrected chi connectivity index (χ2v) is 5.87. The molecule has 1 heterocycles. The topological polar surface area (TPSA) is 37.8 Å². The summed E-state index contributed by atoms with van der Waals surface area (Å²) in [6.45, 7) is 2.85. The largest absolute Gasteiger partial charge is 0.369 e. The van der Waals surface area contributed by atoms with Crippen LogP contribution in [0.2, 0.25) is 10.0 Å². The van der Waals surface area contributed by atoms with Gasteiger partial charge in [-0.2, -0.15) is 0 Å². The maximum atomic E-state index is 6.15. The van der Waals surface area contributed by atoms with E-state index >= 15 is 0 Å². The molecule has 0 spiro atoms. The number of nitrogens with zero attached hydrogens (tertiary/aromatic N) is 2. The van der Waals surface area contributed by atoms with Gasteiger partial charge in [-0.05, 0) is 47.2 Å². The Morgan fingerprint density at radius 3 is 2.58 bits per heavy atom. The Balaban J connectivity index is 2.31. The van der Waals surface area contributed by atoms with Crippen molar-refractivity contribution in [3.63, 3.8) is 0 Å². The van der Waals surface area contributed by atoms with Crippen LogP contribution in [0, 0.1) is 3.57 Å². The van der Waals surface area contributed by atoms with Crippen molar-refractivity contribution < 1.29 is 0 Å². The van der Waals surface area contributed by atoms with E-state index in [1.807, 2.05) is 25.1 Å². The molecule has 0 unspecified atom stereocenters. The van der Waals surface area contributed by atoms with Gasteiger partial charge >= 0.3 is 0 Å². The molecule has 1 N–H and O–H groups in total. The highest BCUT2D eigenvalue weighted by Gasteiger charge is 2.10. The minimum Gasteiger partial charge on any atom is -0.369 e. The van der Waals surface area contributed by atoms with Gasteiger partial charge in [-0.25, -0.2) is 9.97 Å². The van der Waals surface area contributed by atoms with Crippen molar-refractivity contribution in [3.05, 3.63) is 49.4 Å². The summed E-state index contributed by atoms with van der Waals surface area (Å²) in [7, 11) is 0. The number of hydrogen-bond acceptors (Lipinski definition) is 3. The molecule has 0 fully saturated rings. The van der Waals surface area contributed by atoms with Gasteiger partial charge in [-0.1, -0.05) is 29.3 Å². The summed E-state index contributed by atoms with van der Waals surface area (Å²) in [5, 5.41) is 4.48. The lowest BCUT2D eigenvalue weighted by molar-refractivity contribution is 0.955. The van der Waals surface area contributed by atoms with E-state index in [2.05, 4.69) is 37.9 Å². The van der Waals surface area contributed by atoms with Gasteiger partial charge in [-0.15, -0.1) is 0 Å². The second-order valence-electron chi connectivity index (χ2n) is 3.89. The molecule has 100 valence electrons. The number of hydrogen-bond donors (Lipinski definition) is 1. The minimum atomic E-state index is 0.522. The van der Waals surface area contributed by atoms with Crippen molar-refractivity contribution in [1.82, 2.24) is 9.97 Å². The first-order valence-corrected chi connectivity index (χ1v) is 7.63. The second kappa shape index (κ2) is 6.72. The van der Waals surface area contributed by atoms with Crippen molar-refractivity contribution in [2.24, 2.45) is 0 Å². The van der Waals surface area contributed by atoms with Gasteiger partial charge in [0.2, 0.25) is 0 Å². The quantitative estimate of drug-likeness (QED) is 0.762. The Morgan fingerprint density at radius 1 is 1.26 bits per heavy atom. The first kappa shape index (κ1) is 14.8. The van der Waals surface area contributed by atoms with Crippen LogP contribution in [0.15, 0.2) is 24.4 Å². The summed E-state index contributed by atoms with van der Waals surface area (Å²) >= 11 is 14.5. The van der Waals surface area contributed by atoms with Crippen LogP contribution in [0.3, 0.4) is 0 Å². The zero-order valence-corrected chi connectivity index (χ0v) is 13.9. The van der Waals surface area contributed by atoms with E-state index in [-0.39, 0.29) is 0 Å². The van der Waals surface area contributed by atoms with E-state index in [0.717, 1.165) is 21.5 Å². The van der Waals surface area contributed by atoms with Crippen LogP contribution in [0.4, 0.5) is 5.82 Å². The summed E-state index contributed by atoms with van der Waals surface area (Å²) in [6.07, 6.45) is 2.32. The molecule has 1 aromatic heterocycles. The predicted molar refractivity (Wildman–Crippen MR) is 88.2 cm³/mol. The molecule has 0 saturated heterocycles. The smallest absolute Gasteiger partial charge is 0.143 e. The summed E-state index contributed by atoms with van der Waals surface area (Å²) in [4.78, 5) is 8.82. The maximum absolute atomic E-state index is 6.15. The molecular weight excluding hydrogens is 396 g/mol.